The molecule has 0 unspecified atom stereocenters. The Labute approximate surface area is 122 Å². The largest absolute Gasteiger partial charge is 0.267 e. The highest BCUT2D eigenvalue weighted by Crippen LogP contribution is 2.29. The number of hydrogen-bond acceptors (Lipinski definition) is 5. The van der Waals surface area contributed by atoms with Crippen molar-refractivity contribution in [3.05, 3.63) is 33.5 Å². The molecule has 0 atom stereocenters. The van der Waals surface area contributed by atoms with Crippen LogP contribution in [-0.2, 0) is 10.0 Å². The van der Waals surface area contributed by atoms with Crippen LogP contribution in [-0.4, -0.2) is 25.7 Å². The minimum Gasteiger partial charge on any atom is -0.243 e. The summed E-state index contributed by atoms with van der Waals surface area (Å²) >= 11 is 4.25. The molecule has 0 bridgehead atoms. The van der Waals surface area contributed by atoms with E-state index in [2.05, 4.69) is 26.1 Å². The van der Waals surface area contributed by atoms with Gasteiger partial charge in [-0.25, -0.2) is 17.1 Å². The van der Waals surface area contributed by atoms with Crippen molar-refractivity contribution in [3.8, 4) is 0 Å². The first-order valence-corrected chi connectivity index (χ1v) is 8.11. The van der Waals surface area contributed by atoms with Crippen molar-refractivity contribution in [2.75, 3.05) is 11.4 Å². The minimum absolute atomic E-state index is 0.150. The number of aryl methyl sites for hydroxylation is 1. The molecule has 0 saturated carbocycles. The fraction of sp³-hybridized carbons (Fsp3) is 0.200. The lowest BCUT2D eigenvalue weighted by atomic mass is 10.3. The van der Waals surface area contributed by atoms with Gasteiger partial charge in [-0.1, -0.05) is 11.3 Å². The third-order valence-corrected chi connectivity index (χ3v) is 6.09. The van der Waals surface area contributed by atoms with E-state index in [9.17, 15) is 12.8 Å². The van der Waals surface area contributed by atoms with E-state index < -0.39 is 15.8 Å². The van der Waals surface area contributed by atoms with E-state index in [4.69, 9.17) is 0 Å². The summed E-state index contributed by atoms with van der Waals surface area (Å²) < 4.78 is 39.3. The van der Waals surface area contributed by atoms with Crippen LogP contribution < -0.4 is 4.31 Å². The zero-order valence-corrected chi connectivity index (χ0v) is 13.2. The summed E-state index contributed by atoms with van der Waals surface area (Å²) in [5, 5.41) is 8.41. The number of hydrogen-bond donors (Lipinski definition) is 0. The van der Waals surface area contributed by atoms with Crippen molar-refractivity contribution in [2.45, 2.75) is 11.8 Å². The zero-order chi connectivity index (χ0) is 14.2. The molecule has 0 spiro atoms. The maximum Gasteiger partial charge on any atom is 0.267 e. The lowest BCUT2D eigenvalue weighted by Gasteiger charge is -2.16. The number of benzene rings is 1. The lowest BCUT2D eigenvalue weighted by Crippen LogP contribution is -2.26. The molecular formula is C10H9BrFN3O2S2. The molecule has 9 heteroatoms. The average Bonchev–Trinajstić information content (AvgIpc) is 2.77. The second kappa shape index (κ2) is 5.14. The van der Waals surface area contributed by atoms with Crippen LogP contribution >= 0.6 is 27.3 Å². The van der Waals surface area contributed by atoms with Gasteiger partial charge in [0.25, 0.3) is 10.0 Å². The molecule has 2 rings (SSSR count). The first kappa shape index (κ1) is 14.4. The van der Waals surface area contributed by atoms with Crippen LogP contribution in [0.1, 0.15) is 5.01 Å². The van der Waals surface area contributed by atoms with Gasteiger partial charge in [0.2, 0.25) is 5.13 Å². The number of sulfonamides is 1. The second-order valence-electron chi connectivity index (χ2n) is 3.65. The summed E-state index contributed by atoms with van der Waals surface area (Å²) in [4.78, 5) is -0.150. The van der Waals surface area contributed by atoms with Crippen LogP contribution in [0.5, 0.6) is 0 Å². The molecule has 0 aliphatic carbocycles. The fourth-order valence-corrected chi connectivity index (χ4v) is 4.27. The van der Waals surface area contributed by atoms with Crippen molar-refractivity contribution in [1.82, 2.24) is 10.2 Å². The Kier molecular flexibility index (Phi) is 3.88. The van der Waals surface area contributed by atoms with E-state index >= 15 is 0 Å². The SMILES string of the molecule is Cc1nnc(N(C)S(=O)(=O)c2cc(F)ccc2Br)s1. The van der Waals surface area contributed by atoms with E-state index in [1.807, 2.05) is 0 Å². The van der Waals surface area contributed by atoms with Crippen molar-refractivity contribution < 1.29 is 12.8 Å². The molecule has 0 N–H and O–H groups in total. The lowest BCUT2D eigenvalue weighted by molar-refractivity contribution is 0.588. The van der Waals surface area contributed by atoms with Crippen molar-refractivity contribution in [1.29, 1.82) is 0 Å². The Hall–Kier alpha value is -1.06. The van der Waals surface area contributed by atoms with Gasteiger partial charge in [-0.2, -0.15) is 0 Å². The summed E-state index contributed by atoms with van der Waals surface area (Å²) in [5.41, 5.74) is 0. The quantitative estimate of drug-likeness (QED) is 0.838. The molecule has 0 fully saturated rings. The molecule has 102 valence electrons. The Morgan fingerprint density at radius 3 is 2.63 bits per heavy atom. The number of rotatable bonds is 3. The molecule has 0 amide bonds. The van der Waals surface area contributed by atoms with Crippen molar-refractivity contribution in [3.63, 3.8) is 0 Å². The van der Waals surface area contributed by atoms with Crippen LogP contribution in [0, 0.1) is 12.7 Å². The molecule has 1 aromatic heterocycles. The number of anilines is 1. The van der Waals surface area contributed by atoms with Crippen LogP contribution in [0.4, 0.5) is 9.52 Å². The van der Waals surface area contributed by atoms with Gasteiger partial charge in [0.05, 0.1) is 0 Å². The van der Waals surface area contributed by atoms with Gasteiger partial charge in [0.15, 0.2) is 0 Å². The van der Waals surface area contributed by atoms with E-state index in [1.54, 1.807) is 6.92 Å². The maximum absolute atomic E-state index is 13.2. The smallest absolute Gasteiger partial charge is 0.243 e. The molecule has 0 radical (unpaired) electrons. The predicted molar refractivity (Wildman–Crippen MR) is 74.3 cm³/mol. The summed E-state index contributed by atoms with van der Waals surface area (Å²) in [6, 6.07) is 3.49. The van der Waals surface area contributed by atoms with E-state index in [1.165, 1.54) is 19.2 Å². The van der Waals surface area contributed by atoms with Crippen LogP contribution in [0.3, 0.4) is 0 Å². The second-order valence-corrected chi connectivity index (χ2v) is 7.60. The number of halogens is 2. The van der Waals surface area contributed by atoms with Gasteiger partial charge in [0, 0.05) is 11.5 Å². The van der Waals surface area contributed by atoms with Gasteiger partial charge in [-0.05, 0) is 41.1 Å². The standard InChI is InChI=1S/C10H9BrFN3O2S2/c1-6-13-14-10(18-6)15(2)19(16,17)9-5-7(12)3-4-8(9)11/h3-5H,1-2H3. The Morgan fingerprint density at radius 2 is 2.05 bits per heavy atom. The fourth-order valence-electron chi connectivity index (χ4n) is 1.34. The monoisotopic (exact) mass is 365 g/mol. The highest BCUT2D eigenvalue weighted by molar-refractivity contribution is 9.10. The van der Waals surface area contributed by atoms with Gasteiger partial charge in [0.1, 0.15) is 15.7 Å². The predicted octanol–water partition coefficient (Wildman–Crippen LogP) is 2.57. The summed E-state index contributed by atoms with van der Waals surface area (Å²) in [6.07, 6.45) is 0. The zero-order valence-electron chi connectivity index (χ0n) is 9.96. The molecule has 0 aliphatic heterocycles. The normalized spacial score (nSPS) is 11.6. The molecular weight excluding hydrogens is 357 g/mol. The van der Waals surface area contributed by atoms with Crippen molar-refractivity contribution >= 4 is 42.4 Å². The van der Waals surface area contributed by atoms with Crippen LogP contribution in [0.25, 0.3) is 0 Å². The first-order valence-electron chi connectivity index (χ1n) is 5.06. The molecule has 1 heterocycles. The summed E-state index contributed by atoms with van der Waals surface area (Å²) in [5.74, 6) is -0.622. The third-order valence-electron chi connectivity index (χ3n) is 2.32. The minimum atomic E-state index is -3.88. The summed E-state index contributed by atoms with van der Waals surface area (Å²) in [6.45, 7) is 1.72. The molecule has 2 aromatic rings. The Bertz CT molecular complexity index is 717. The number of aromatic nitrogens is 2. The first-order chi connectivity index (χ1) is 8.82. The van der Waals surface area contributed by atoms with Crippen LogP contribution in [0.2, 0.25) is 0 Å². The van der Waals surface area contributed by atoms with Gasteiger partial charge >= 0.3 is 0 Å². The molecule has 0 aliphatic rings. The Balaban J connectivity index is 2.50. The highest BCUT2D eigenvalue weighted by Gasteiger charge is 2.26. The number of nitrogens with zero attached hydrogens (tertiary/aromatic N) is 3. The van der Waals surface area contributed by atoms with E-state index in [0.717, 1.165) is 21.7 Å². The summed E-state index contributed by atoms with van der Waals surface area (Å²) in [7, 11) is -2.52. The van der Waals surface area contributed by atoms with Gasteiger partial charge in [-0.15, -0.1) is 10.2 Å². The maximum atomic E-state index is 13.2. The molecule has 19 heavy (non-hydrogen) atoms. The third kappa shape index (κ3) is 2.77. The molecule has 0 saturated heterocycles. The van der Waals surface area contributed by atoms with Gasteiger partial charge < -0.3 is 0 Å². The Morgan fingerprint density at radius 1 is 1.37 bits per heavy atom. The topological polar surface area (TPSA) is 63.2 Å². The molecule has 5 nitrogen and oxygen atoms in total. The van der Waals surface area contributed by atoms with Crippen LogP contribution in [0.15, 0.2) is 27.6 Å². The van der Waals surface area contributed by atoms with Crippen molar-refractivity contribution in [2.24, 2.45) is 0 Å². The van der Waals surface area contributed by atoms with Gasteiger partial charge in [-0.3, -0.25) is 0 Å². The van der Waals surface area contributed by atoms with E-state index in [0.29, 0.717) is 9.48 Å². The molecule has 1 aromatic carbocycles. The highest BCUT2D eigenvalue weighted by atomic mass is 79.9. The average molecular weight is 366 g/mol. The van der Waals surface area contributed by atoms with E-state index in [-0.39, 0.29) is 10.0 Å².